The highest BCUT2D eigenvalue weighted by molar-refractivity contribution is 5.90. The highest BCUT2D eigenvalue weighted by Crippen LogP contribution is 2.47. The summed E-state index contributed by atoms with van der Waals surface area (Å²) in [5.74, 6) is 1.66. The number of benzene rings is 2. The summed E-state index contributed by atoms with van der Waals surface area (Å²) in [6.45, 7) is 11.3. The maximum Gasteiger partial charge on any atom is 0.341 e. The Labute approximate surface area is 250 Å². The molecule has 2 aliphatic carbocycles. The Balaban J connectivity index is 1.51. The van der Waals surface area contributed by atoms with E-state index in [-0.39, 0.29) is 23.8 Å². The minimum Gasteiger partial charge on any atom is -0.423 e. The van der Waals surface area contributed by atoms with Gasteiger partial charge in [0.2, 0.25) is 0 Å². The molecule has 0 heterocycles. The van der Waals surface area contributed by atoms with Crippen LogP contribution in [0.25, 0.3) is 11.1 Å². The highest BCUT2D eigenvalue weighted by atomic mass is 19.1. The lowest BCUT2D eigenvalue weighted by molar-refractivity contribution is -0.131. The SMILES string of the molecule is C=C(C)C(=O)Oc1ccc(-c2ccc(OC(=O)C(=C)COC)cc2F)cc1C1CCC(C2CCC(CCC)CC2)CC1. The lowest BCUT2D eigenvalue weighted by Gasteiger charge is -2.38. The van der Waals surface area contributed by atoms with Gasteiger partial charge in [-0.15, -0.1) is 0 Å². The van der Waals surface area contributed by atoms with Gasteiger partial charge in [0.1, 0.15) is 17.3 Å². The summed E-state index contributed by atoms with van der Waals surface area (Å²) in [6.07, 6.45) is 12.4. The fourth-order valence-corrected chi connectivity index (χ4v) is 6.78. The maximum atomic E-state index is 15.3. The number of carbonyl (C=O) groups is 2. The van der Waals surface area contributed by atoms with Crippen LogP contribution in [-0.2, 0) is 14.3 Å². The van der Waals surface area contributed by atoms with Crippen molar-refractivity contribution in [2.45, 2.75) is 84.0 Å². The van der Waals surface area contributed by atoms with Crippen molar-refractivity contribution in [2.24, 2.45) is 17.8 Å². The number of ether oxygens (including phenoxy) is 3. The van der Waals surface area contributed by atoms with Crippen LogP contribution in [0.5, 0.6) is 11.5 Å². The fourth-order valence-electron chi connectivity index (χ4n) is 6.78. The average Bonchev–Trinajstić information content (AvgIpc) is 2.98. The van der Waals surface area contributed by atoms with Gasteiger partial charge < -0.3 is 14.2 Å². The first kappa shape index (κ1) is 31.7. The van der Waals surface area contributed by atoms with Gasteiger partial charge in [0, 0.05) is 24.3 Å². The van der Waals surface area contributed by atoms with E-state index in [2.05, 4.69) is 20.1 Å². The van der Waals surface area contributed by atoms with Crippen LogP contribution in [0.15, 0.2) is 60.7 Å². The van der Waals surface area contributed by atoms with Gasteiger partial charge in [-0.2, -0.15) is 0 Å². The molecule has 0 N–H and O–H groups in total. The second kappa shape index (κ2) is 14.8. The van der Waals surface area contributed by atoms with E-state index >= 15 is 4.39 Å². The third-order valence-corrected chi connectivity index (χ3v) is 9.10. The van der Waals surface area contributed by atoms with Gasteiger partial charge in [-0.05, 0) is 105 Å². The van der Waals surface area contributed by atoms with E-state index in [0.29, 0.717) is 22.4 Å². The second-order valence-corrected chi connectivity index (χ2v) is 12.2. The normalized spacial score (nSPS) is 22.3. The smallest absolute Gasteiger partial charge is 0.341 e. The lowest BCUT2D eigenvalue weighted by atomic mass is 9.68. The first-order chi connectivity index (χ1) is 20.2. The predicted octanol–water partition coefficient (Wildman–Crippen LogP) is 8.96. The molecule has 2 aromatic rings. The molecule has 0 saturated heterocycles. The van der Waals surface area contributed by atoms with Crippen molar-refractivity contribution in [3.05, 3.63) is 72.1 Å². The number of esters is 2. The number of rotatable bonds is 11. The van der Waals surface area contributed by atoms with Crippen molar-refractivity contribution in [3.63, 3.8) is 0 Å². The lowest BCUT2D eigenvalue weighted by Crippen LogP contribution is -2.25. The molecule has 2 aliphatic rings. The number of methoxy groups -OCH3 is 1. The number of carbonyl (C=O) groups excluding carboxylic acids is 2. The standard InChI is InChI=1S/C36H45FO5/c1-6-7-25-8-10-26(11-9-25)27-12-14-28(15-13-27)32-20-29(16-19-34(32)42-35(38)23(2)3)31-18-17-30(21-33(31)37)41-36(39)24(4)22-40-5/h16-21,25-28H,2,4,6-15,22H2,1,3,5H3. The minimum absolute atomic E-state index is 0.0342. The first-order valence-corrected chi connectivity index (χ1v) is 15.4. The summed E-state index contributed by atoms with van der Waals surface area (Å²) in [7, 11) is 1.46. The molecular weight excluding hydrogens is 531 g/mol. The predicted molar refractivity (Wildman–Crippen MR) is 164 cm³/mol. The molecular formula is C36H45FO5. The highest BCUT2D eigenvalue weighted by Gasteiger charge is 2.32. The zero-order chi connectivity index (χ0) is 30.2. The molecule has 2 fully saturated rings. The summed E-state index contributed by atoms with van der Waals surface area (Å²) < 4.78 is 31.2. The molecule has 2 aromatic carbocycles. The van der Waals surface area contributed by atoms with Crippen LogP contribution >= 0.6 is 0 Å². The van der Waals surface area contributed by atoms with E-state index in [4.69, 9.17) is 14.2 Å². The largest absolute Gasteiger partial charge is 0.423 e. The van der Waals surface area contributed by atoms with Crippen LogP contribution in [0, 0.1) is 23.6 Å². The topological polar surface area (TPSA) is 61.8 Å². The van der Waals surface area contributed by atoms with Gasteiger partial charge in [0.25, 0.3) is 0 Å². The molecule has 2 saturated carbocycles. The van der Waals surface area contributed by atoms with E-state index < -0.39 is 17.8 Å². The average molecular weight is 577 g/mol. The van der Waals surface area contributed by atoms with Crippen molar-refractivity contribution in [3.8, 4) is 22.6 Å². The second-order valence-electron chi connectivity index (χ2n) is 12.2. The quantitative estimate of drug-likeness (QED) is 0.152. The van der Waals surface area contributed by atoms with Crippen LogP contribution in [-0.4, -0.2) is 25.7 Å². The summed E-state index contributed by atoms with van der Waals surface area (Å²) in [4.78, 5) is 24.6. The Morgan fingerprint density at radius 2 is 1.55 bits per heavy atom. The molecule has 226 valence electrons. The summed E-state index contributed by atoms with van der Waals surface area (Å²) >= 11 is 0. The fraction of sp³-hybridized carbons (Fsp3) is 0.500. The van der Waals surface area contributed by atoms with Crippen molar-refractivity contribution in [1.29, 1.82) is 0 Å². The van der Waals surface area contributed by atoms with Gasteiger partial charge >= 0.3 is 11.9 Å². The molecule has 42 heavy (non-hydrogen) atoms. The molecule has 0 radical (unpaired) electrons. The van der Waals surface area contributed by atoms with Crippen molar-refractivity contribution >= 4 is 11.9 Å². The molecule has 4 rings (SSSR count). The van der Waals surface area contributed by atoms with E-state index in [1.54, 1.807) is 31.2 Å². The van der Waals surface area contributed by atoms with Crippen LogP contribution in [0.1, 0.15) is 89.5 Å². The van der Waals surface area contributed by atoms with Crippen molar-refractivity contribution in [1.82, 2.24) is 0 Å². The number of halogens is 1. The van der Waals surface area contributed by atoms with E-state index in [1.165, 1.54) is 51.7 Å². The summed E-state index contributed by atoms with van der Waals surface area (Å²) in [5.41, 5.74) is 2.46. The van der Waals surface area contributed by atoms with Gasteiger partial charge in [-0.1, -0.05) is 51.8 Å². The van der Waals surface area contributed by atoms with Gasteiger partial charge in [0.15, 0.2) is 0 Å². The molecule has 6 heteroatoms. The summed E-state index contributed by atoms with van der Waals surface area (Å²) in [6, 6.07) is 9.83. The number of hydrogen-bond acceptors (Lipinski definition) is 5. The van der Waals surface area contributed by atoms with Crippen molar-refractivity contribution in [2.75, 3.05) is 13.7 Å². The van der Waals surface area contributed by atoms with Gasteiger partial charge in [0.05, 0.1) is 12.2 Å². The van der Waals surface area contributed by atoms with Crippen LogP contribution < -0.4 is 9.47 Å². The first-order valence-electron chi connectivity index (χ1n) is 15.4. The summed E-state index contributed by atoms with van der Waals surface area (Å²) in [5, 5.41) is 0. The Morgan fingerprint density at radius 1 is 0.881 bits per heavy atom. The molecule has 0 unspecified atom stereocenters. The molecule has 0 bridgehead atoms. The number of hydrogen-bond donors (Lipinski definition) is 0. The third-order valence-electron chi connectivity index (χ3n) is 9.10. The molecule has 0 aromatic heterocycles. The monoisotopic (exact) mass is 576 g/mol. The maximum absolute atomic E-state index is 15.3. The molecule has 0 amide bonds. The molecule has 0 spiro atoms. The Kier molecular flexibility index (Phi) is 11.1. The van der Waals surface area contributed by atoms with Crippen molar-refractivity contribution < 1.29 is 28.2 Å². The van der Waals surface area contributed by atoms with E-state index in [0.717, 1.165) is 49.0 Å². The van der Waals surface area contributed by atoms with Gasteiger partial charge in [-0.3, -0.25) is 0 Å². The van der Waals surface area contributed by atoms with E-state index in [1.807, 2.05) is 6.07 Å². The molecule has 0 atom stereocenters. The molecule has 0 aliphatic heterocycles. The third kappa shape index (κ3) is 7.97. The Bertz CT molecular complexity index is 1280. The minimum atomic E-state index is -0.667. The van der Waals surface area contributed by atoms with Crippen LogP contribution in [0.4, 0.5) is 4.39 Å². The van der Waals surface area contributed by atoms with Crippen LogP contribution in [0.2, 0.25) is 0 Å². The molecule has 5 nitrogen and oxygen atoms in total. The van der Waals surface area contributed by atoms with Gasteiger partial charge in [-0.25, -0.2) is 14.0 Å². The Morgan fingerprint density at radius 3 is 2.14 bits per heavy atom. The van der Waals surface area contributed by atoms with Crippen LogP contribution in [0.3, 0.4) is 0 Å². The zero-order valence-electron chi connectivity index (χ0n) is 25.4. The van der Waals surface area contributed by atoms with E-state index in [9.17, 15) is 9.59 Å². The zero-order valence-corrected chi connectivity index (χ0v) is 25.4. The Hall–Kier alpha value is -3.25.